The number of nitrogens with zero attached hydrogens (tertiary/aromatic N) is 5. The van der Waals surface area contributed by atoms with Crippen molar-refractivity contribution in [1.82, 2.24) is 24.8 Å². The number of hydrogen-bond acceptors (Lipinski definition) is 5. The molecule has 0 spiro atoms. The van der Waals surface area contributed by atoms with Crippen molar-refractivity contribution in [1.29, 1.82) is 0 Å². The fourth-order valence-corrected chi connectivity index (χ4v) is 4.41. The van der Waals surface area contributed by atoms with E-state index in [9.17, 15) is 0 Å². The van der Waals surface area contributed by atoms with Crippen molar-refractivity contribution in [3.8, 4) is 11.5 Å². The summed E-state index contributed by atoms with van der Waals surface area (Å²) >= 11 is 1.59. The molecule has 0 unspecified atom stereocenters. The third-order valence-electron chi connectivity index (χ3n) is 4.74. The molecule has 0 saturated heterocycles. The van der Waals surface area contributed by atoms with Crippen LogP contribution in [0.15, 0.2) is 66.7 Å². The van der Waals surface area contributed by atoms with Crippen molar-refractivity contribution in [2.45, 2.75) is 19.3 Å². The first-order valence-corrected chi connectivity index (χ1v) is 9.78. The molecule has 0 aliphatic carbocycles. The maximum absolute atomic E-state index is 4.85. The number of fused-ring (bicyclic) bond motifs is 2. The molecule has 27 heavy (non-hydrogen) atoms. The summed E-state index contributed by atoms with van der Waals surface area (Å²) in [5.41, 5.74) is 3.00. The van der Waals surface area contributed by atoms with E-state index in [-0.39, 0.29) is 5.92 Å². The highest BCUT2D eigenvalue weighted by Gasteiger charge is 2.20. The first-order valence-electron chi connectivity index (χ1n) is 8.96. The lowest BCUT2D eigenvalue weighted by atomic mass is 9.97. The van der Waals surface area contributed by atoms with Gasteiger partial charge in [0.2, 0.25) is 10.8 Å². The van der Waals surface area contributed by atoms with Gasteiger partial charge in [-0.1, -0.05) is 72.9 Å². The fraction of sp³-hybridized carbons (Fsp3) is 0.143. The molecule has 0 aliphatic heterocycles. The van der Waals surface area contributed by atoms with Gasteiger partial charge < -0.3 is 0 Å². The second-order valence-corrected chi connectivity index (χ2v) is 7.41. The standard InChI is InChI=1S/C21H17N5S/c1-2-16(14-8-4-3-5-9-14)20-25-26-19(23-24-21(26)27-20)18-13-12-15-10-6-7-11-17(15)22-18/h3-13,16H,2H2,1H3/t16-/m0/s1. The van der Waals surface area contributed by atoms with Gasteiger partial charge in [0, 0.05) is 11.3 Å². The van der Waals surface area contributed by atoms with Crippen molar-refractivity contribution < 1.29 is 0 Å². The number of hydrogen-bond donors (Lipinski definition) is 0. The fourth-order valence-electron chi connectivity index (χ4n) is 3.36. The summed E-state index contributed by atoms with van der Waals surface area (Å²) in [6.45, 7) is 2.19. The van der Waals surface area contributed by atoms with E-state index in [4.69, 9.17) is 10.1 Å². The minimum absolute atomic E-state index is 0.260. The minimum Gasteiger partial charge on any atom is -0.244 e. The van der Waals surface area contributed by atoms with E-state index in [2.05, 4.69) is 53.5 Å². The predicted octanol–water partition coefficient (Wildman–Crippen LogP) is 4.94. The summed E-state index contributed by atoms with van der Waals surface area (Å²) in [5, 5.41) is 15.7. The maximum Gasteiger partial charge on any atom is 0.235 e. The largest absolute Gasteiger partial charge is 0.244 e. The van der Waals surface area contributed by atoms with Gasteiger partial charge >= 0.3 is 0 Å². The number of pyridine rings is 1. The summed E-state index contributed by atoms with van der Waals surface area (Å²) in [6, 6.07) is 22.6. The van der Waals surface area contributed by atoms with Crippen LogP contribution >= 0.6 is 11.3 Å². The lowest BCUT2D eigenvalue weighted by molar-refractivity contribution is 0.743. The van der Waals surface area contributed by atoms with Crippen LogP contribution in [0.3, 0.4) is 0 Å². The van der Waals surface area contributed by atoms with Crippen LogP contribution in [0.2, 0.25) is 0 Å². The van der Waals surface area contributed by atoms with Gasteiger partial charge in [-0.3, -0.25) is 0 Å². The smallest absolute Gasteiger partial charge is 0.235 e. The zero-order chi connectivity index (χ0) is 18.2. The average Bonchev–Trinajstić information content (AvgIpc) is 3.30. The molecule has 0 radical (unpaired) electrons. The molecule has 2 aromatic carbocycles. The Balaban J connectivity index is 1.60. The van der Waals surface area contributed by atoms with Crippen molar-refractivity contribution >= 4 is 27.2 Å². The molecule has 132 valence electrons. The van der Waals surface area contributed by atoms with Gasteiger partial charge in [-0.05, 0) is 24.1 Å². The van der Waals surface area contributed by atoms with Gasteiger partial charge in [0.05, 0.1) is 5.52 Å². The highest BCUT2D eigenvalue weighted by atomic mass is 32.1. The van der Waals surface area contributed by atoms with Crippen LogP contribution < -0.4 is 0 Å². The van der Waals surface area contributed by atoms with Crippen LogP contribution in [0.5, 0.6) is 0 Å². The van der Waals surface area contributed by atoms with E-state index in [0.717, 1.165) is 33.0 Å². The van der Waals surface area contributed by atoms with E-state index < -0.39 is 0 Å². The molecule has 1 atom stereocenters. The van der Waals surface area contributed by atoms with Crippen LogP contribution in [-0.4, -0.2) is 24.8 Å². The maximum atomic E-state index is 4.85. The van der Waals surface area contributed by atoms with E-state index in [1.165, 1.54) is 5.56 Å². The zero-order valence-corrected chi connectivity index (χ0v) is 15.6. The van der Waals surface area contributed by atoms with Crippen LogP contribution in [0.25, 0.3) is 27.4 Å². The minimum atomic E-state index is 0.260. The van der Waals surface area contributed by atoms with Gasteiger partial charge in [0.15, 0.2) is 0 Å². The monoisotopic (exact) mass is 371 g/mol. The summed E-state index contributed by atoms with van der Waals surface area (Å²) in [6.07, 6.45) is 0.984. The Morgan fingerprint density at radius 3 is 2.59 bits per heavy atom. The normalized spacial score (nSPS) is 12.6. The molecule has 0 bridgehead atoms. The van der Waals surface area contributed by atoms with Crippen molar-refractivity contribution in [2.24, 2.45) is 0 Å². The highest BCUT2D eigenvalue weighted by molar-refractivity contribution is 7.16. The van der Waals surface area contributed by atoms with Gasteiger partial charge in [-0.2, -0.15) is 9.61 Å². The van der Waals surface area contributed by atoms with Crippen LogP contribution in [0.1, 0.15) is 29.8 Å². The summed E-state index contributed by atoms with van der Waals surface area (Å²) in [7, 11) is 0. The molecule has 6 heteroatoms. The third-order valence-corrected chi connectivity index (χ3v) is 5.75. The number of para-hydroxylation sites is 1. The number of benzene rings is 2. The Morgan fingerprint density at radius 1 is 0.926 bits per heavy atom. The van der Waals surface area contributed by atoms with Gasteiger partial charge in [-0.25, -0.2) is 4.98 Å². The molecular weight excluding hydrogens is 354 g/mol. The Hall–Kier alpha value is -3.12. The lowest BCUT2D eigenvalue weighted by Gasteiger charge is -2.11. The van der Waals surface area contributed by atoms with E-state index >= 15 is 0 Å². The third kappa shape index (κ3) is 2.78. The Labute approximate surface area is 160 Å². The first-order chi connectivity index (χ1) is 13.3. The molecule has 5 nitrogen and oxygen atoms in total. The van der Waals surface area contributed by atoms with Gasteiger partial charge in [-0.15, -0.1) is 10.2 Å². The average molecular weight is 371 g/mol. The van der Waals surface area contributed by atoms with Crippen molar-refractivity contribution in [2.75, 3.05) is 0 Å². The molecule has 3 heterocycles. The number of rotatable bonds is 4. The van der Waals surface area contributed by atoms with E-state index in [0.29, 0.717) is 5.82 Å². The van der Waals surface area contributed by atoms with Crippen molar-refractivity contribution in [3.63, 3.8) is 0 Å². The van der Waals surface area contributed by atoms with E-state index in [1.54, 1.807) is 11.3 Å². The quantitative estimate of drug-likeness (QED) is 0.449. The highest BCUT2D eigenvalue weighted by Crippen LogP contribution is 2.32. The lowest BCUT2D eigenvalue weighted by Crippen LogP contribution is -2.01. The second kappa shape index (κ2) is 6.55. The predicted molar refractivity (Wildman–Crippen MR) is 108 cm³/mol. The molecule has 0 amide bonds. The summed E-state index contributed by atoms with van der Waals surface area (Å²) in [5.74, 6) is 0.941. The number of aromatic nitrogens is 5. The van der Waals surface area contributed by atoms with Crippen LogP contribution in [0, 0.1) is 0 Å². The molecule has 5 rings (SSSR count). The summed E-state index contributed by atoms with van der Waals surface area (Å²) in [4.78, 5) is 5.54. The zero-order valence-electron chi connectivity index (χ0n) is 14.8. The molecule has 0 N–H and O–H groups in total. The topological polar surface area (TPSA) is 56.0 Å². The van der Waals surface area contributed by atoms with Gasteiger partial charge in [0.25, 0.3) is 0 Å². The SMILES string of the molecule is CC[C@@H](c1ccccc1)c1nn2c(-c3ccc4ccccc4n3)nnc2s1. The van der Waals surface area contributed by atoms with Crippen molar-refractivity contribution in [3.05, 3.63) is 77.3 Å². The Morgan fingerprint density at radius 2 is 1.74 bits per heavy atom. The second-order valence-electron chi connectivity index (χ2n) is 6.42. The van der Waals surface area contributed by atoms with Crippen LogP contribution in [-0.2, 0) is 0 Å². The Bertz CT molecular complexity index is 1230. The van der Waals surface area contributed by atoms with Crippen LogP contribution in [0.4, 0.5) is 0 Å². The molecule has 3 aromatic heterocycles. The first kappa shape index (κ1) is 16.1. The summed E-state index contributed by atoms with van der Waals surface area (Å²) < 4.78 is 1.82. The molecular formula is C21H17N5S. The van der Waals surface area contributed by atoms with Gasteiger partial charge in [0.1, 0.15) is 10.7 Å². The van der Waals surface area contributed by atoms with E-state index in [1.807, 2.05) is 34.8 Å². The molecule has 5 aromatic rings. The Kier molecular flexibility index (Phi) is 3.90. The molecule has 0 saturated carbocycles. The molecule has 0 aliphatic rings. The molecule has 0 fully saturated rings.